The number of para-hydroxylation sites is 1. The lowest BCUT2D eigenvalue weighted by atomic mass is 10.3. The van der Waals surface area contributed by atoms with Crippen LogP contribution in [0, 0.1) is 0 Å². The van der Waals surface area contributed by atoms with Gasteiger partial charge in [-0.3, -0.25) is 0 Å². The molecule has 2 rings (SSSR count). The number of imidazole rings is 1. The molecule has 0 saturated carbocycles. The van der Waals surface area contributed by atoms with Gasteiger partial charge in [0.2, 0.25) is 0 Å². The molecule has 0 unspecified atom stereocenters. The first-order valence-electron chi connectivity index (χ1n) is 3.98. The SMILES string of the molecule is Clc1ncn(Cl)c1Nc1ccccc1. The average molecular weight is 228 g/mol. The molecule has 0 aliphatic heterocycles. The van der Waals surface area contributed by atoms with Crippen molar-refractivity contribution in [3.63, 3.8) is 0 Å². The third-order valence-electron chi connectivity index (χ3n) is 1.72. The molecule has 0 bridgehead atoms. The summed E-state index contributed by atoms with van der Waals surface area (Å²) in [4.78, 5) is 3.85. The number of anilines is 2. The molecule has 0 amide bonds. The Hall–Kier alpha value is -1.19. The van der Waals surface area contributed by atoms with Crippen molar-refractivity contribution in [2.75, 3.05) is 5.32 Å². The van der Waals surface area contributed by atoms with E-state index in [1.54, 1.807) is 0 Å². The largest absolute Gasteiger partial charge is 0.338 e. The highest BCUT2D eigenvalue weighted by Crippen LogP contribution is 2.24. The fraction of sp³-hybridized carbons (Fsp3) is 0. The summed E-state index contributed by atoms with van der Waals surface area (Å²) >= 11 is 11.6. The summed E-state index contributed by atoms with van der Waals surface area (Å²) in [5, 5.41) is 3.41. The van der Waals surface area contributed by atoms with Crippen LogP contribution in [0.3, 0.4) is 0 Å². The minimum Gasteiger partial charge on any atom is -0.338 e. The van der Waals surface area contributed by atoms with Crippen molar-refractivity contribution < 1.29 is 0 Å². The maximum atomic E-state index is 5.82. The Morgan fingerprint density at radius 3 is 2.50 bits per heavy atom. The van der Waals surface area contributed by atoms with E-state index >= 15 is 0 Å². The minimum absolute atomic E-state index is 0.351. The standard InChI is InChI=1S/C9H7Cl2N3/c10-8-9(14(11)6-12-8)13-7-4-2-1-3-5-7/h1-6,13H. The number of hydrogen-bond acceptors (Lipinski definition) is 2. The van der Waals surface area contributed by atoms with Crippen LogP contribution < -0.4 is 5.32 Å². The molecular weight excluding hydrogens is 221 g/mol. The smallest absolute Gasteiger partial charge is 0.172 e. The van der Waals surface area contributed by atoms with E-state index < -0.39 is 0 Å². The van der Waals surface area contributed by atoms with Gasteiger partial charge in [0.15, 0.2) is 11.0 Å². The molecule has 0 fully saturated rings. The maximum absolute atomic E-state index is 5.82. The second-order valence-corrected chi connectivity index (χ2v) is 3.41. The van der Waals surface area contributed by atoms with Crippen molar-refractivity contribution in [1.29, 1.82) is 0 Å². The summed E-state index contributed by atoms with van der Waals surface area (Å²) in [7, 11) is 0. The lowest BCUT2D eigenvalue weighted by molar-refractivity contribution is 1.21. The van der Waals surface area contributed by atoms with Gasteiger partial charge in [-0.15, -0.1) is 0 Å². The molecule has 0 saturated heterocycles. The van der Waals surface area contributed by atoms with E-state index in [2.05, 4.69) is 10.3 Å². The zero-order valence-electron chi connectivity index (χ0n) is 7.11. The monoisotopic (exact) mass is 227 g/mol. The summed E-state index contributed by atoms with van der Waals surface area (Å²) in [6.07, 6.45) is 1.44. The van der Waals surface area contributed by atoms with Crippen LogP contribution >= 0.6 is 23.4 Å². The van der Waals surface area contributed by atoms with Crippen LogP contribution in [0.25, 0.3) is 0 Å². The summed E-state index contributed by atoms with van der Waals surface area (Å²) < 4.78 is 1.31. The van der Waals surface area contributed by atoms with Crippen LogP contribution in [-0.4, -0.2) is 9.07 Å². The third-order valence-corrected chi connectivity index (χ3v) is 2.25. The van der Waals surface area contributed by atoms with E-state index in [0.29, 0.717) is 11.0 Å². The first-order valence-corrected chi connectivity index (χ1v) is 4.70. The number of hydrogen-bond donors (Lipinski definition) is 1. The fourth-order valence-corrected chi connectivity index (χ4v) is 1.46. The highest BCUT2D eigenvalue weighted by Gasteiger charge is 2.06. The first kappa shape index (κ1) is 9.37. The molecule has 0 spiro atoms. The van der Waals surface area contributed by atoms with E-state index in [9.17, 15) is 0 Å². The van der Waals surface area contributed by atoms with Crippen molar-refractivity contribution in [2.45, 2.75) is 0 Å². The zero-order chi connectivity index (χ0) is 9.97. The molecule has 3 nitrogen and oxygen atoms in total. The van der Waals surface area contributed by atoms with Crippen LogP contribution in [0.5, 0.6) is 0 Å². The highest BCUT2D eigenvalue weighted by molar-refractivity contribution is 6.33. The van der Waals surface area contributed by atoms with Crippen molar-refractivity contribution >= 4 is 34.9 Å². The number of aromatic nitrogens is 2. The molecule has 0 aliphatic carbocycles. The average Bonchev–Trinajstić information content (AvgIpc) is 2.51. The molecule has 5 heteroatoms. The molecule has 0 aliphatic rings. The van der Waals surface area contributed by atoms with Crippen LogP contribution in [0.1, 0.15) is 0 Å². The van der Waals surface area contributed by atoms with Crippen LogP contribution in [0.15, 0.2) is 36.7 Å². The molecular formula is C9H7Cl2N3. The van der Waals surface area contributed by atoms with Gasteiger partial charge in [0.05, 0.1) is 0 Å². The van der Waals surface area contributed by atoms with E-state index in [1.807, 2.05) is 30.3 Å². The molecule has 1 aromatic heterocycles. The van der Waals surface area contributed by atoms with Gasteiger partial charge in [0.25, 0.3) is 0 Å². The van der Waals surface area contributed by atoms with Gasteiger partial charge < -0.3 is 5.32 Å². The Kier molecular flexibility index (Phi) is 2.61. The predicted octanol–water partition coefficient (Wildman–Crippen LogP) is 3.28. The summed E-state index contributed by atoms with van der Waals surface area (Å²) in [6.45, 7) is 0. The summed E-state index contributed by atoms with van der Waals surface area (Å²) in [6, 6.07) is 9.61. The predicted molar refractivity (Wildman–Crippen MR) is 58.2 cm³/mol. The Labute approximate surface area is 91.4 Å². The molecule has 72 valence electrons. The summed E-state index contributed by atoms with van der Waals surface area (Å²) in [5.41, 5.74) is 0.914. The lowest BCUT2D eigenvalue weighted by Gasteiger charge is -2.04. The molecule has 1 N–H and O–H groups in total. The highest BCUT2D eigenvalue weighted by atomic mass is 35.5. The van der Waals surface area contributed by atoms with Crippen molar-refractivity contribution in [2.24, 2.45) is 0 Å². The van der Waals surface area contributed by atoms with Crippen LogP contribution in [0.2, 0.25) is 5.15 Å². The second kappa shape index (κ2) is 3.90. The minimum atomic E-state index is 0.351. The lowest BCUT2D eigenvalue weighted by Crippen LogP contribution is -1.93. The van der Waals surface area contributed by atoms with Crippen LogP contribution in [0.4, 0.5) is 11.5 Å². The quantitative estimate of drug-likeness (QED) is 0.854. The van der Waals surface area contributed by atoms with Gasteiger partial charge in [-0.2, -0.15) is 0 Å². The van der Waals surface area contributed by atoms with E-state index in [4.69, 9.17) is 23.4 Å². The molecule has 1 aromatic carbocycles. The van der Waals surface area contributed by atoms with Crippen molar-refractivity contribution in [1.82, 2.24) is 9.07 Å². The van der Waals surface area contributed by atoms with Crippen molar-refractivity contribution in [3.05, 3.63) is 41.8 Å². The Morgan fingerprint density at radius 1 is 1.21 bits per heavy atom. The van der Waals surface area contributed by atoms with Gasteiger partial charge in [0, 0.05) is 17.5 Å². The topological polar surface area (TPSA) is 29.9 Å². The number of nitrogens with zero attached hydrogens (tertiary/aromatic N) is 2. The zero-order valence-corrected chi connectivity index (χ0v) is 8.63. The summed E-state index contributed by atoms with van der Waals surface area (Å²) in [5.74, 6) is 0.569. The van der Waals surface area contributed by atoms with E-state index in [1.165, 1.54) is 10.4 Å². The van der Waals surface area contributed by atoms with Gasteiger partial charge in [-0.05, 0) is 12.1 Å². The van der Waals surface area contributed by atoms with E-state index in [0.717, 1.165) is 5.69 Å². The number of rotatable bonds is 2. The second-order valence-electron chi connectivity index (χ2n) is 2.69. The molecule has 14 heavy (non-hydrogen) atoms. The molecule has 0 atom stereocenters. The molecule has 0 radical (unpaired) electrons. The van der Waals surface area contributed by atoms with Crippen molar-refractivity contribution in [3.8, 4) is 0 Å². The molecule has 1 heterocycles. The number of benzene rings is 1. The normalized spacial score (nSPS) is 10.1. The number of halogens is 2. The fourth-order valence-electron chi connectivity index (χ4n) is 1.07. The first-order chi connectivity index (χ1) is 6.77. The number of nitrogens with one attached hydrogen (secondary N) is 1. The third kappa shape index (κ3) is 1.84. The Bertz CT molecular complexity index is 405. The van der Waals surface area contributed by atoms with E-state index in [-0.39, 0.29) is 0 Å². The molecule has 2 aromatic rings. The maximum Gasteiger partial charge on any atom is 0.172 e. The Morgan fingerprint density at radius 2 is 1.93 bits per heavy atom. The van der Waals surface area contributed by atoms with Crippen LogP contribution in [-0.2, 0) is 0 Å². The van der Waals surface area contributed by atoms with Gasteiger partial charge in [-0.25, -0.2) is 9.07 Å². The Balaban J connectivity index is 2.27. The van der Waals surface area contributed by atoms with Gasteiger partial charge >= 0.3 is 0 Å². The van der Waals surface area contributed by atoms with Gasteiger partial charge in [0.1, 0.15) is 6.33 Å². The van der Waals surface area contributed by atoms with Gasteiger partial charge in [-0.1, -0.05) is 29.8 Å².